The van der Waals surface area contributed by atoms with E-state index in [4.69, 9.17) is 16.6 Å². The zero-order chi connectivity index (χ0) is 17.9. The van der Waals surface area contributed by atoms with E-state index in [1.807, 2.05) is 60.7 Å². The van der Waals surface area contributed by atoms with Crippen molar-refractivity contribution in [2.45, 2.75) is 6.54 Å². The highest BCUT2D eigenvalue weighted by molar-refractivity contribution is 6.30. The van der Waals surface area contributed by atoms with E-state index in [1.165, 1.54) is 12.1 Å². The SMILES string of the molecule is Fc1ccc(Cn2c(/C=C/c3ccc(Cl)cc3)nc3ccccc32)cc1. The molecular weight excluding hydrogens is 347 g/mol. The minimum absolute atomic E-state index is 0.230. The molecule has 0 saturated carbocycles. The van der Waals surface area contributed by atoms with Gasteiger partial charge >= 0.3 is 0 Å². The Hall–Kier alpha value is -2.91. The Morgan fingerprint density at radius 1 is 0.885 bits per heavy atom. The molecule has 4 aromatic rings. The average molecular weight is 363 g/mol. The number of para-hydroxylation sites is 2. The van der Waals surface area contributed by atoms with Crippen LogP contribution in [0.4, 0.5) is 4.39 Å². The zero-order valence-electron chi connectivity index (χ0n) is 13.9. The maximum Gasteiger partial charge on any atom is 0.134 e. The molecule has 0 aliphatic carbocycles. The van der Waals surface area contributed by atoms with Crippen molar-refractivity contribution in [1.29, 1.82) is 0 Å². The second kappa shape index (κ2) is 7.14. The predicted molar refractivity (Wildman–Crippen MR) is 106 cm³/mol. The van der Waals surface area contributed by atoms with Gasteiger partial charge in [0.25, 0.3) is 0 Å². The van der Waals surface area contributed by atoms with Crippen molar-refractivity contribution in [3.05, 3.63) is 101 Å². The molecular formula is C22H16ClFN2. The average Bonchev–Trinajstić information content (AvgIpc) is 3.01. The van der Waals surface area contributed by atoms with Crippen molar-refractivity contribution in [2.24, 2.45) is 0 Å². The molecule has 128 valence electrons. The van der Waals surface area contributed by atoms with E-state index in [0.29, 0.717) is 11.6 Å². The quantitative estimate of drug-likeness (QED) is 0.432. The second-order valence-corrected chi connectivity index (χ2v) is 6.49. The van der Waals surface area contributed by atoms with Crippen LogP contribution in [0.15, 0.2) is 72.8 Å². The van der Waals surface area contributed by atoms with E-state index >= 15 is 0 Å². The van der Waals surface area contributed by atoms with Gasteiger partial charge in [-0.25, -0.2) is 9.37 Å². The lowest BCUT2D eigenvalue weighted by molar-refractivity contribution is 0.626. The molecule has 0 atom stereocenters. The number of rotatable bonds is 4. The molecule has 0 fully saturated rings. The smallest absolute Gasteiger partial charge is 0.134 e. The monoisotopic (exact) mass is 362 g/mol. The number of imidazole rings is 1. The van der Waals surface area contributed by atoms with Crippen LogP contribution in [0, 0.1) is 5.82 Å². The Kier molecular flexibility index (Phi) is 4.55. The third-order valence-electron chi connectivity index (χ3n) is 4.23. The normalized spacial score (nSPS) is 11.5. The van der Waals surface area contributed by atoms with Crippen LogP contribution >= 0.6 is 11.6 Å². The van der Waals surface area contributed by atoms with Gasteiger partial charge < -0.3 is 4.57 Å². The molecule has 3 aromatic carbocycles. The van der Waals surface area contributed by atoms with Crippen LogP contribution in [0.3, 0.4) is 0 Å². The maximum absolute atomic E-state index is 13.2. The van der Waals surface area contributed by atoms with Crippen LogP contribution < -0.4 is 0 Å². The minimum Gasteiger partial charge on any atom is -0.320 e. The Bertz CT molecular complexity index is 1060. The molecule has 26 heavy (non-hydrogen) atoms. The number of hydrogen-bond donors (Lipinski definition) is 0. The van der Waals surface area contributed by atoms with Crippen molar-refractivity contribution in [1.82, 2.24) is 9.55 Å². The van der Waals surface area contributed by atoms with Crippen molar-refractivity contribution in [2.75, 3.05) is 0 Å². The van der Waals surface area contributed by atoms with Gasteiger partial charge in [-0.1, -0.05) is 54.1 Å². The van der Waals surface area contributed by atoms with Gasteiger partial charge in [-0.05, 0) is 53.6 Å². The van der Waals surface area contributed by atoms with Crippen LogP contribution in [0.2, 0.25) is 5.02 Å². The lowest BCUT2D eigenvalue weighted by atomic mass is 10.2. The van der Waals surface area contributed by atoms with Gasteiger partial charge in [0.15, 0.2) is 0 Å². The summed E-state index contributed by atoms with van der Waals surface area (Å²) >= 11 is 5.94. The van der Waals surface area contributed by atoms with Gasteiger partial charge in [-0.15, -0.1) is 0 Å². The first-order valence-electron chi connectivity index (χ1n) is 8.32. The molecule has 1 heterocycles. The number of fused-ring (bicyclic) bond motifs is 1. The fourth-order valence-corrected chi connectivity index (χ4v) is 3.03. The van der Waals surface area contributed by atoms with E-state index < -0.39 is 0 Å². The Balaban J connectivity index is 1.73. The molecule has 0 unspecified atom stereocenters. The molecule has 4 heteroatoms. The molecule has 0 spiro atoms. The standard InChI is InChI=1S/C22H16ClFN2/c23-18-10-5-16(6-11-18)9-14-22-25-20-3-1-2-4-21(20)26(22)15-17-7-12-19(24)13-8-17/h1-14H,15H2/b14-9+. The molecule has 0 aliphatic heterocycles. The van der Waals surface area contributed by atoms with E-state index in [2.05, 4.69) is 4.57 Å². The lowest BCUT2D eigenvalue weighted by Crippen LogP contribution is -2.02. The molecule has 0 amide bonds. The number of hydrogen-bond acceptors (Lipinski definition) is 1. The van der Waals surface area contributed by atoms with Crippen molar-refractivity contribution >= 4 is 34.8 Å². The highest BCUT2D eigenvalue weighted by Gasteiger charge is 2.09. The first-order chi connectivity index (χ1) is 12.7. The van der Waals surface area contributed by atoms with E-state index in [-0.39, 0.29) is 5.82 Å². The first-order valence-corrected chi connectivity index (χ1v) is 8.70. The topological polar surface area (TPSA) is 17.8 Å². The van der Waals surface area contributed by atoms with Crippen LogP contribution in [-0.4, -0.2) is 9.55 Å². The summed E-state index contributed by atoms with van der Waals surface area (Å²) in [6, 6.07) is 22.2. The minimum atomic E-state index is -0.230. The molecule has 0 aliphatic rings. The molecule has 2 nitrogen and oxygen atoms in total. The third-order valence-corrected chi connectivity index (χ3v) is 4.48. The molecule has 4 rings (SSSR count). The lowest BCUT2D eigenvalue weighted by Gasteiger charge is -2.07. The summed E-state index contributed by atoms with van der Waals surface area (Å²) in [6.07, 6.45) is 4.01. The van der Waals surface area contributed by atoms with E-state index in [0.717, 1.165) is 28.0 Å². The van der Waals surface area contributed by atoms with Gasteiger partial charge in [0, 0.05) is 11.6 Å². The molecule has 0 radical (unpaired) electrons. The van der Waals surface area contributed by atoms with Crippen LogP contribution in [0.5, 0.6) is 0 Å². The largest absolute Gasteiger partial charge is 0.320 e. The second-order valence-electron chi connectivity index (χ2n) is 6.06. The summed E-state index contributed by atoms with van der Waals surface area (Å²) in [4.78, 5) is 4.74. The van der Waals surface area contributed by atoms with Crippen molar-refractivity contribution < 1.29 is 4.39 Å². The van der Waals surface area contributed by atoms with Crippen LogP contribution in [0.25, 0.3) is 23.2 Å². The third kappa shape index (κ3) is 3.53. The van der Waals surface area contributed by atoms with Gasteiger partial charge in [0.2, 0.25) is 0 Å². The van der Waals surface area contributed by atoms with Gasteiger partial charge in [-0.2, -0.15) is 0 Å². The molecule has 0 saturated heterocycles. The van der Waals surface area contributed by atoms with E-state index in [1.54, 1.807) is 12.1 Å². The number of aromatic nitrogens is 2. The van der Waals surface area contributed by atoms with Crippen molar-refractivity contribution in [3.63, 3.8) is 0 Å². The number of halogens is 2. The van der Waals surface area contributed by atoms with Gasteiger partial charge in [0.1, 0.15) is 11.6 Å². The summed E-state index contributed by atoms with van der Waals surface area (Å²) in [5, 5.41) is 0.714. The predicted octanol–water partition coefficient (Wildman–Crippen LogP) is 6.05. The highest BCUT2D eigenvalue weighted by atomic mass is 35.5. The molecule has 0 bridgehead atoms. The van der Waals surface area contributed by atoms with E-state index in [9.17, 15) is 4.39 Å². The Morgan fingerprint density at radius 2 is 1.62 bits per heavy atom. The van der Waals surface area contributed by atoms with Gasteiger partial charge in [-0.3, -0.25) is 0 Å². The Labute approximate surface area is 156 Å². The molecule has 1 aromatic heterocycles. The summed E-state index contributed by atoms with van der Waals surface area (Å²) in [7, 11) is 0. The summed E-state index contributed by atoms with van der Waals surface area (Å²) in [6.45, 7) is 0.626. The maximum atomic E-state index is 13.2. The fourth-order valence-electron chi connectivity index (χ4n) is 2.90. The molecule has 0 N–H and O–H groups in total. The van der Waals surface area contributed by atoms with Gasteiger partial charge in [0.05, 0.1) is 11.0 Å². The summed E-state index contributed by atoms with van der Waals surface area (Å²) < 4.78 is 15.3. The van der Waals surface area contributed by atoms with Crippen molar-refractivity contribution in [3.8, 4) is 0 Å². The summed E-state index contributed by atoms with van der Waals surface area (Å²) in [5.74, 6) is 0.623. The Morgan fingerprint density at radius 3 is 2.38 bits per heavy atom. The number of nitrogens with zero attached hydrogens (tertiary/aromatic N) is 2. The highest BCUT2D eigenvalue weighted by Crippen LogP contribution is 2.20. The zero-order valence-corrected chi connectivity index (χ0v) is 14.7. The fraction of sp³-hybridized carbons (Fsp3) is 0.0455. The van der Waals surface area contributed by atoms with Crippen LogP contribution in [0.1, 0.15) is 17.0 Å². The number of benzene rings is 3. The summed E-state index contributed by atoms with van der Waals surface area (Å²) in [5.41, 5.74) is 4.06. The first kappa shape index (κ1) is 16.6. The van der Waals surface area contributed by atoms with Crippen LogP contribution in [-0.2, 0) is 6.54 Å².